The van der Waals surface area contributed by atoms with Gasteiger partial charge in [-0.25, -0.2) is 4.39 Å². The van der Waals surface area contributed by atoms with E-state index in [4.69, 9.17) is 9.26 Å². The zero-order chi connectivity index (χ0) is 24.1. The van der Waals surface area contributed by atoms with E-state index >= 15 is 0 Å². The maximum absolute atomic E-state index is 13.0. The average molecular weight is 467 g/mol. The topological polar surface area (TPSA) is 87.9 Å². The van der Waals surface area contributed by atoms with Crippen LogP contribution in [0.5, 0.6) is 5.75 Å². The molecule has 0 bridgehead atoms. The van der Waals surface area contributed by atoms with Crippen LogP contribution in [-0.2, 0) is 11.4 Å². The highest BCUT2D eigenvalue weighted by Gasteiger charge is 2.23. The molecule has 1 fully saturated rings. The van der Waals surface area contributed by atoms with E-state index < -0.39 is 0 Å². The van der Waals surface area contributed by atoms with Crippen molar-refractivity contribution in [3.63, 3.8) is 0 Å². The molecule has 2 amide bonds. The Bertz CT molecular complexity index is 1130. The van der Waals surface area contributed by atoms with Gasteiger partial charge in [-0.3, -0.25) is 14.5 Å². The van der Waals surface area contributed by atoms with Crippen molar-refractivity contribution < 1.29 is 23.2 Å². The lowest BCUT2D eigenvalue weighted by Crippen LogP contribution is -2.50. The molecule has 0 spiro atoms. The van der Waals surface area contributed by atoms with E-state index in [-0.39, 0.29) is 24.2 Å². The van der Waals surface area contributed by atoms with Crippen LogP contribution in [0.25, 0.3) is 0 Å². The summed E-state index contributed by atoms with van der Waals surface area (Å²) in [5, 5.41) is 6.68. The highest BCUT2D eigenvalue weighted by molar-refractivity contribution is 5.95. The molecule has 0 aliphatic carbocycles. The second kappa shape index (κ2) is 10.5. The number of aromatic nitrogens is 1. The Kier molecular flexibility index (Phi) is 7.22. The molecule has 178 valence electrons. The van der Waals surface area contributed by atoms with Gasteiger partial charge in [-0.2, -0.15) is 0 Å². The van der Waals surface area contributed by atoms with E-state index in [0.717, 1.165) is 11.3 Å². The number of nitrogens with one attached hydrogen (secondary N) is 1. The van der Waals surface area contributed by atoms with Crippen LogP contribution in [-0.4, -0.2) is 59.5 Å². The van der Waals surface area contributed by atoms with Crippen molar-refractivity contribution in [1.82, 2.24) is 15.0 Å². The van der Waals surface area contributed by atoms with Crippen molar-refractivity contribution in [1.29, 1.82) is 0 Å². The number of piperazine rings is 1. The fourth-order valence-corrected chi connectivity index (χ4v) is 3.81. The number of hydrogen-bond acceptors (Lipinski definition) is 6. The third-order valence-electron chi connectivity index (χ3n) is 5.80. The fourth-order valence-electron chi connectivity index (χ4n) is 3.81. The molecule has 8 nitrogen and oxygen atoms in total. The zero-order valence-electron chi connectivity index (χ0n) is 19.2. The highest BCUT2D eigenvalue weighted by atomic mass is 19.1. The van der Waals surface area contributed by atoms with Crippen molar-refractivity contribution in [2.24, 2.45) is 0 Å². The van der Waals surface area contributed by atoms with Crippen LogP contribution in [0.4, 0.5) is 10.1 Å². The molecule has 3 aromatic rings. The number of hydrogen-bond donors (Lipinski definition) is 1. The van der Waals surface area contributed by atoms with E-state index in [9.17, 15) is 14.0 Å². The molecule has 1 N–H and O–H groups in total. The smallest absolute Gasteiger partial charge is 0.254 e. The zero-order valence-corrected chi connectivity index (χ0v) is 19.2. The Hall–Kier alpha value is -3.72. The largest absolute Gasteiger partial charge is 0.489 e. The van der Waals surface area contributed by atoms with Crippen molar-refractivity contribution in [3.05, 3.63) is 76.9 Å². The molecule has 0 saturated carbocycles. The van der Waals surface area contributed by atoms with Gasteiger partial charge >= 0.3 is 0 Å². The van der Waals surface area contributed by atoms with Crippen LogP contribution in [0.3, 0.4) is 0 Å². The maximum atomic E-state index is 13.0. The van der Waals surface area contributed by atoms with Crippen LogP contribution in [0.15, 0.2) is 53.1 Å². The first-order valence-electron chi connectivity index (χ1n) is 11.1. The Morgan fingerprint density at radius 1 is 1.09 bits per heavy atom. The molecule has 0 atom stereocenters. The van der Waals surface area contributed by atoms with Gasteiger partial charge < -0.3 is 19.5 Å². The summed E-state index contributed by atoms with van der Waals surface area (Å²) in [7, 11) is 0. The van der Waals surface area contributed by atoms with Crippen molar-refractivity contribution in [2.75, 3.05) is 38.0 Å². The van der Waals surface area contributed by atoms with Gasteiger partial charge in [0.15, 0.2) is 0 Å². The second-order valence-electron chi connectivity index (χ2n) is 8.24. The summed E-state index contributed by atoms with van der Waals surface area (Å²) < 4.78 is 24.0. The SMILES string of the molecule is Cc1noc(C)c1COc1cccc(C(=O)N2CCN(CC(=O)Nc3ccc(F)cc3)CC2)c1. The summed E-state index contributed by atoms with van der Waals surface area (Å²) in [6, 6.07) is 12.8. The van der Waals surface area contributed by atoms with Crippen LogP contribution < -0.4 is 10.1 Å². The Balaban J connectivity index is 1.27. The fraction of sp³-hybridized carbons (Fsp3) is 0.320. The van der Waals surface area contributed by atoms with E-state index in [1.807, 2.05) is 24.8 Å². The molecule has 2 aromatic carbocycles. The van der Waals surface area contributed by atoms with Crippen LogP contribution in [0.2, 0.25) is 0 Å². The number of benzene rings is 2. The number of ether oxygens (including phenoxy) is 1. The lowest BCUT2D eigenvalue weighted by Gasteiger charge is -2.34. The number of anilines is 1. The molecule has 2 heterocycles. The van der Waals surface area contributed by atoms with Crippen LogP contribution >= 0.6 is 0 Å². The lowest BCUT2D eigenvalue weighted by molar-refractivity contribution is -0.117. The second-order valence-corrected chi connectivity index (χ2v) is 8.24. The quantitative estimate of drug-likeness (QED) is 0.574. The number of halogens is 1. The predicted molar refractivity (Wildman–Crippen MR) is 124 cm³/mol. The summed E-state index contributed by atoms with van der Waals surface area (Å²) in [4.78, 5) is 29.1. The van der Waals surface area contributed by atoms with Gasteiger partial charge in [0.05, 0.1) is 17.8 Å². The number of amides is 2. The van der Waals surface area contributed by atoms with Crippen molar-refractivity contribution >= 4 is 17.5 Å². The van der Waals surface area contributed by atoms with E-state index in [1.54, 1.807) is 23.1 Å². The summed E-state index contributed by atoms with van der Waals surface area (Å²) in [6.45, 7) is 6.45. The van der Waals surface area contributed by atoms with Gasteiger partial charge in [-0.15, -0.1) is 0 Å². The molecule has 1 aliphatic heterocycles. The number of nitrogens with zero attached hydrogens (tertiary/aromatic N) is 3. The molecule has 34 heavy (non-hydrogen) atoms. The van der Waals surface area contributed by atoms with Gasteiger partial charge in [0, 0.05) is 37.4 Å². The Labute approximate surface area is 197 Å². The van der Waals surface area contributed by atoms with Gasteiger partial charge in [0.1, 0.15) is 23.9 Å². The Morgan fingerprint density at radius 3 is 2.50 bits per heavy atom. The summed E-state index contributed by atoms with van der Waals surface area (Å²) in [5.41, 5.74) is 2.79. The standard InChI is InChI=1S/C25H27FN4O4/c1-17-23(18(2)34-28-17)16-33-22-5-3-4-19(14-22)25(32)30-12-10-29(11-13-30)15-24(31)27-21-8-6-20(26)7-9-21/h3-9,14H,10-13,15-16H2,1-2H3,(H,27,31). The van der Waals surface area contributed by atoms with E-state index in [2.05, 4.69) is 10.5 Å². The normalized spacial score (nSPS) is 14.1. The van der Waals surface area contributed by atoms with Gasteiger partial charge in [0.25, 0.3) is 5.91 Å². The minimum Gasteiger partial charge on any atom is -0.489 e. The summed E-state index contributed by atoms with van der Waals surface area (Å²) >= 11 is 0. The van der Waals surface area contributed by atoms with Crippen molar-refractivity contribution in [2.45, 2.75) is 20.5 Å². The molecule has 0 radical (unpaired) electrons. The predicted octanol–water partition coefficient (Wildman–Crippen LogP) is 3.41. The van der Waals surface area contributed by atoms with E-state index in [1.165, 1.54) is 24.3 Å². The number of carbonyl (C=O) groups excluding carboxylic acids is 2. The summed E-state index contributed by atoms with van der Waals surface area (Å²) in [6.07, 6.45) is 0. The molecule has 4 rings (SSSR count). The number of aryl methyl sites for hydroxylation is 2. The first kappa shape index (κ1) is 23.4. The minimum atomic E-state index is -0.351. The third kappa shape index (κ3) is 5.79. The Morgan fingerprint density at radius 2 is 1.82 bits per heavy atom. The highest BCUT2D eigenvalue weighted by Crippen LogP contribution is 2.20. The minimum absolute atomic E-state index is 0.0711. The average Bonchev–Trinajstić information content (AvgIpc) is 3.16. The number of carbonyl (C=O) groups is 2. The molecule has 9 heteroatoms. The van der Waals surface area contributed by atoms with Crippen LogP contribution in [0, 0.1) is 19.7 Å². The van der Waals surface area contributed by atoms with Gasteiger partial charge in [0.2, 0.25) is 5.91 Å². The summed E-state index contributed by atoms with van der Waals surface area (Å²) in [5.74, 6) is 0.722. The molecule has 1 aromatic heterocycles. The lowest BCUT2D eigenvalue weighted by atomic mass is 10.1. The van der Waals surface area contributed by atoms with E-state index in [0.29, 0.717) is 55.5 Å². The van der Waals surface area contributed by atoms with Gasteiger partial charge in [-0.1, -0.05) is 11.2 Å². The molecular weight excluding hydrogens is 439 g/mol. The van der Waals surface area contributed by atoms with Crippen LogP contribution in [0.1, 0.15) is 27.4 Å². The third-order valence-corrected chi connectivity index (χ3v) is 5.80. The molecule has 0 unspecified atom stereocenters. The van der Waals surface area contributed by atoms with Gasteiger partial charge in [-0.05, 0) is 56.3 Å². The number of rotatable bonds is 7. The molecule has 1 saturated heterocycles. The molecule has 1 aliphatic rings. The first-order chi connectivity index (χ1) is 16.4. The first-order valence-corrected chi connectivity index (χ1v) is 11.1. The molecular formula is C25H27FN4O4. The maximum Gasteiger partial charge on any atom is 0.254 e. The monoisotopic (exact) mass is 466 g/mol. The van der Waals surface area contributed by atoms with Crippen molar-refractivity contribution in [3.8, 4) is 5.75 Å².